The second kappa shape index (κ2) is 4.32. The second-order valence-electron chi connectivity index (χ2n) is 3.34. The maximum atomic E-state index is 13.4. The molecular formula is C11H11FN2O2. The van der Waals surface area contributed by atoms with E-state index in [1.165, 1.54) is 25.3 Å². The molecule has 0 spiro atoms. The van der Waals surface area contributed by atoms with E-state index < -0.39 is 5.82 Å². The van der Waals surface area contributed by atoms with Crippen molar-refractivity contribution in [2.45, 2.75) is 6.61 Å². The zero-order chi connectivity index (χ0) is 11.5. The first-order chi connectivity index (χ1) is 7.72. The number of aromatic amines is 1. The molecule has 16 heavy (non-hydrogen) atoms. The second-order valence-corrected chi connectivity index (χ2v) is 3.34. The molecule has 2 aromatic rings. The van der Waals surface area contributed by atoms with Crippen molar-refractivity contribution in [2.24, 2.45) is 0 Å². The van der Waals surface area contributed by atoms with Crippen LogP contribution in [0.3, 0.4) is 0 Å². The van der Waals surface area contributed by atoms with Crippen molar-refractivity contribution >= 4 is 0 Å². The fourth-order valence-electron chi connectivity index (χ4n) is 1.49. The van der Waals surface area contributed by atoms with Crippen molar-refractivity contribution in [2.75, 3.05) is 7.11 Å². The molecule has 0 aliphatic rings. The Kier molecular flexibility index (Phi) is 2.87. The van der Waals surface area contributed by atoms with Gasteiger partial charge in [0.15, 0.2) is 0 Å². The first-order valence-electron chi connectivity index (χ1n) is 4.77. The van der Waals surface area contributed by atoms with Gasteiger partial charge in [-0.15, -0.1) is 0 Å². The molecule has 0 aliphatic carbocycles. The lowest BCUT2D eigenvalue weighted by atomic mass is 10.3. The summed E-state index contributed by atoms with van der Waals surface area (Å²) in [7, 11) is 1.53. The minimum atomic E-state index is -0.449. The van der Waals surface area contributed by atoms with Crippen LogP contribution in [0.1, 0.15) is 5.69 Å². The van der Waals surface area contributed by atoms with Gasteiger partial charge < -0.3 is 4.74 Å². The predicted molar refractivity (Wildman–Crippen MR) is 57.1 cm³/mol. The normalized spacial score (nSPS) is 10.6. The third-order valence-corrected chi connectivity index (χ3v) is 2.17. The number of hydrogen-bond acceptors (Lipinski definition) is 2. The molecule has 0 aliphatic heterocycles. The number of methoxy groups -OCH3 is 1. The average Bonchev–Trinajstić information content (AvgIpc) is 2.61. The number of nitrogens with zero attached hydrogens (tertiary/aromatic N) is 1. The van der Waals surface area contributed by atoms with Crippen molar-refractivity contribution in [1.29, 1.82) is 0 Å². The zero-order valence-electron chi connectivity index (χ0n) is 8.74. The molecular weight excluding hydrogens is 211 g/mol. The maximum absolute atomic E-state index is 13.4. The molecule has 1 N–H and O–H groups in total. The lowest BCUT2D eigenvalue weighted by Crippen LogP contribution is -2.14. The van der Waals surface area contributed by atoms with Gasteiger partial charge in [0, 0.05) is 13.2 Å². The van der Waals surface area contributed by atoms with Gasteiger partial charge in [-0.25, -0.2) is 9.07 Å². The van der Waals surface area contributed by atoms with Crippen LogP contribution < -0.4 is 5.56 Å². The van der Waals surface area contributed by atoms with Crippen LogP contribution in [0.4, 0.5) is 4.39 Å². The van der Waals surface area contributed by atoms with Gasteiger partial charge in [-0.2, -0.15) is 0 Å². The monoisotopic (exact) mass is 222 g/mol. The topological polar surface area (TPSA) is 47.0 Å². The maximum Gasteiger partial charge on any atom is 0.271 e. The number of halogens is 1. The number of aromatic nitrogens is 2. The predicted octanol–water partition coefficient (Wildman–Crippen LogP) is 1.45. The first-order valence-corrected chi connectivity index (χ1v) is 4.77. The molecule has 1 heterocycles. The molecule has 0 radical (unpaired) electrons. The minimum Gasteiger partial charge on any atom is -0.378 e. The number of hydrogen-bond donors (Lipinski definition) is 1. The van der Waals surface area contributed by atoms with E-state index in [4.69, 9.17) is 4.74 Å². The minimum absolute atomic E-state index is 0.204. The summed E-state index contributed by atoms with van der Waals surface area (Å²) in [6.07, 6.45) is 0. The molecule has 0 saturated heterocycles. The highest BCUT2D eigenvalue weighted by Crippen LogP contribution is 2.09. The standard InChI is InChI=1S/C11H11FN2O2/c1-16-7-8-6-11(15)14(13-8)10-5-3-2-4-9(10)12/h2-6,13H,7H2,1H3. The summed E-state index contributed by atoms with van der Waals surface area (Å²) in [6.45, 7) is 0.288. The van der Waals surface area contributed by atoms with E-state index in [1.54, 1.807) is 12.1 Å². The van der Waals surface area contributed by atoms with Crippen LogP contribution in [-0.4, -0.2) is 16.9 Å². The lowest BCUT2D eigenvalue weighted by molar-refractivity contribution is 0.181. The summed E-state index contributed by atoms with van der Waals surface area (Å²) in [4.78, 5) is 11.6. The quantitative estimate of drug-likeness (QED) is 0.854. The van der Waals surface area contributed by atoms with Gasteiger partial charge >= 0.3 is 0 Å². The number of para-hydroxylation sites is 1. The molecule has 2 rings (SSSR count). The molecule has 0 unspecified atom stereocenters. The molecule has 4 nitrogen and oxygen atoms in total. The Hall–Kier alpha value is -1.88. The summed E-state index contributed by atoms with van der Waals surface area (Å²) in [5.74, 6) is -0.449. The van der Waals surface area contributed by atoms with E-state index in [0.29, 0.717) is 5.69 Å². The smallest absolute Gasteiger partial charge is 0.271 e. The summed E-state index contributed by atoms with van der Waals surface area (Å²) >= 11 is 0. The highest BCUT2D eigenvalue weighted by Gasteiger charge is 2.08. The van der Waals surface area contributed by atoms with Crippen LogP contribution in [0.25, 0.3) is 5.69 Å². The van der Waals surface area contributed by atoms with E-state index in [9.17, 15) is 9.18 Å². The Balaban J connectivity index is 2.48. The molecule has 1 aromatic carbocycles. The van der Waals surface area contributed by atoms with E-state index in [1.807, 2.05) is 0 Å². The number of ether oxygens (including phenoxy) is 1. The number of H-pyrrole nitrogens is 1. The van der Waals surface area contributed by atoms with E-state index in [-0.39, 0.29) is 17.9 Å². The molecule has 1 aromatic heterocycles. The van der Waals surface area contributed by atoms with E-state index >= 15 is 0 Å². The fraction of sp³-hybridized carbons (Fsp3) is 0.182. The summed E-state index contributed by atoms with van der Waals surface area (Å²) in [6, 6.07) is 7.46. The van der Waals surface area contributed by atoms with Gasteiger partial charge in [-0.1, -0.05) is 12.1 Å². The SMILES string of the molecule is COCc1cc(=O)n(-c2ccccc2F)[nH]1. The largest absolute Gasteiger partial charge is 0.378 e. The third kappa shape index (κ3) is 1.90. The summed E-state index contributed by atoms with van der Waals surface area (Å²) in [5, 5.41) is 2.78. The first kappa shape index (κ1) is 10.6. The van der Waals surface area contributed by atoms with Crippen LogP contribution in [-0.2, 0) is 11.3 Å². The van der Waals surface area contributed by atoms with Gasteiger partial charge in [0.2, 0.25) is 0 Å². The number of nitrogens with one attached hydrogen (secondary N) is 1. The van der Waals surface area contributed by atoms with Crippen LogP contribution in [0.15, 0.2) is 35.1 Å². The lowest BCUT2D eigenvalue weighted by Gasteiger charge is -2.02. The van der Waals surface area contributed by atoms with Crippen LogP contribution in [0, 0.1) is 5.82 Å². The van der Waals surface area contributed by atoms with Gasteiger partial charge in [-0.05, 0) is 12.1 Å². The van der Waals surface area contributed by atoms with Crippen molar-refractivity contribution < 1.29 is 9.13 Å². The Morgan fingerprint density at radius 1 is 1.44 bits per heavy atom. The number of benzene rings is 1. The van der Waals surface area contributed by atoms with E-state index in [0.717, 1.165) is 4.68 Å². The van der Waals surface area contributed by atoms with Gasteiger partial charge in [0.1, 0.15) is 11.5 Å². The average molecular weight is 222 g/mol. The van der Waals surface area contributed by atoms with Gasteiger partial charge in [0.25, 0.3) is 5.56 Å². The van der Waals surface area contributed by atoms with Crippen LogP contribution in [0.2, 0.25) is 0 Å². The van der Waals surface area contributed by atoms with Crippen LogP contribution >= 0.6 is 0 Å². The molecule has 0 atom stereocenters. The molecule has 0 fully saturated rings. The van der Waals surface area contributed by atoms with Crippen molar-refractivity contribution in [1.82, 2.24) is 9.78 Å². The Bertz CT molecular complexity index is 545. The van der Waals surface area contributed by atoms with Gasteiger partial charge in [-0.3, -0.25) is 9.89 Å². The van der Waals surface area contributed by atoms with E-state index in [2.05, 4.69) is 5.10 Å². The van der Waals surface area contributed by atoms with Crippen LogP contribution in [0.5, 0.6) is 0 Å². The molecule has 84 valence electrons. The fourth-order valence-corrected chi connectivity index (χ4v) is 1.49. The summed E-state index contributed by atoms with van der Waals surface area (Å²) in [5.41, 5.74) is 0.503. The van der Waals surface area contributed by atoms with Crippen molar-refractivity contribution in [3.05, 3.63) is 52.2 Å². The highest BCUT2D eigenvalue weighted by molar-refractivity contribution is 5.32. The Morgan fingerprint density at radius 2 is 2.19 bits per heavy atom. The number of rotatable bonds is 3. The van der Waals surface area contributed by atoms with Crippen molar-refractivity contribution in [3.63, 3.8) is 0 Å². The Labute approximate surface area is 91.3 Å². The van der Waals surface area contributed by atoms with Gasteiger partial charge in [0.05, 0.1) is 12.3 Å². The zero-order valence-corrected chi connectivity index (χ0v) is 8.74. The van der Waals surface area contributed by atoms with Crippen molar-refractivity contribution in [3.8, 4) is 5.69 Å². The Morgan fingerprint density at radius 3 is 2.88 bits per heavy atom. The molecule has 0 saturated carbocycles. The molecule has 0 bridgehead atoms. The highest BCUT2D eigenvalue weighted by atomic mass is 19.1. The third-order valence-electron chi connectivity index (χ3n) is 2.17. The molecule has 0 amide bonds. The summed E-state index contributed by atoms with van der Waals surface area (Å²) < 4.78 is 19.5. The molecule has 5 heteroatoms.